The summed E-state index contributed by atoms with van der Waals surface area (Å²) in [4.78, 5) is 4.77. The van der Waals surface area contributed by atoms with Gasteiger partial charge in [-0.05, 0) is 0 Å². The van der Waals surface area contributed by atoms with E-state index >= 15 is 0 Å². The molecule has 0 saturated heterocycles. The van der Waals surface area contributed by atoms with Gasteiger partial charge in [-0.15, -0.1) is 0 Å². The summed E-state index contributed by atoms with van der Waals surface area (Å²) in [5, 5.41) is 0. The molecule has 1 rings (SSSR count). The van der Waals surface area contributed by atoms with Crippen LogP contribution in [-0.2, 0) is 0 Å². The van der Waals surface area contributed by atoms with E-state index in [1.165, 1.54) is 11.1 Å². The number of benzene rings is 1. The molecule has 0 heterocycles. The molecule has 0 nitrogen and oxygen atoms in total. The first-order valence-corrected chi connectivity index (χ1v) is 9.07. The van der Waals surface area contributed by atoms with Crippen molar-refractivity contribution in [3.63, 3.8) is 0 Å². The predicted molar refractivity (Wildman–Crippen MR) is 60.5 cm³/mol. The molecule has 11 heavy (non-hydrogen) atoms. The molecule has 0 fully saturated rings. The van der Waals surface area contributed by atoms with Gasteiger partial charge in [0.1, 0.15) is 0 Å². The first-order chi connectivity index (χ1) is 5.09. The van der Waals surface area contributed by atoms with E-state index in [-0.39, 0.29) is 0 Å². The number of halogens is 1. The molecule has 0 bridgehead atoms. The Hall–Kier alpha value is -0.0500. The van der Waals surface area contributed by atoms with E-state index in [0.29, 0.717) is 0 Å². The summed E-state index contributed by atoms with van der Waals surface area (Å²) in [6, 6.07) is 6.90. The van der Waals surface area contributed by atoms with E-state index in [9.17, 15) is 0 Å². The van der Waals surface area contributed by atoms with Gasteiger partial charge in [0.05, 0.1) is 0 Å². The summed E-state index contributed by atoms with van der Waals surface area (Å²) in [7, 11) is 0. The normalized spacial score (nSPS) is 11.5. The Morgan fingerprint density at radius 2 is 1.36 bits per heavy atom. The third-order valence-electron chi connectivity index (χ3n) is 1.62. The van der Waals surface area contributed by atoms with Gasteiger partial charge >= 0.3 is 76.4 Å². The molecule has 0 unspecified atom stereocenters. The maximum atomic E-state index is 2.39. The SMILES string of the molecule is Cc1cc(C)cc(I(C)C)c1. The maximum absolute atomic E-state index is 2.39. The Bertz CT molecular complexity index is 231. The Morgan fingerprint density at radius 1 is 0.909 bits per heavy atom. The molecule has 0 N–H and O–H groups in total. The molecular weight excluding hydrogens is 247 g/mol. The van der Waals surface area contributed by atoms with Crippen LogP contribution in [-0.4, -0.2) is 9.86 Å². The second-order valence-electron chi connectivity index (χ2n) is 3.06. The molecule has 62 valence electrons. The first kappa shape index (κ1) is 9.04. The van der Waals surface area contributed by atoms with Crippen molar-refractivity contribution in [3.05, 3.63) is 32.9 Å². The fourth-order valence-corrected chi connectivity index (χ4v) is 3.37. The van der Waals surface area contributed by atoms with E-state index in [2.05, 4.69) is 41.9 Å². The molecular formula is C10H15I. The second kappa shape index (κ2) is 3.57. The van der Waals surface area contributed by atoms with E-state index in [0.717, 1.165) is 0 Å². The van der Waals surface area contributed by atoms with Crippen LogP contribution in [0.2, 0.25) is 0 Å². The summed E-state index contributed by atoms with van der Waals surface area (Å²) >= 11 is -0.743. The van der Waals surface area contributed by atoms with E-state index in [1.807, 2.05) is 0 Å². The molecule has 0 aliphatic carbocycles. The van der Waals surface area contributed by atoms with Crippen LogP contribution in [0.15, 0.2) is 18.2 Å². The number of hydrogen-bond donors (Lipinski definition) is 0. The van der Waals surface area contributed by atoms with Crippen molar-refractivity contribution in [1.82, 2.24) is 0 Å². The van der Waals surface area contributed by atoms with Gasteiger partial charge in [-0.2, -0.15) is 0 Å². The van der Waals surface area contributed by atoms with Crippen molar-refractivity contribution in [1.29, 1.82) is 0 Å². The molecule has 1 aromatic rings. The first-order valence-electron chi connectivity index (χ1n) is 3.68. The van der Waals surface area contributed by atoms with Gasteiger partial charge in [-0.1, -0.05) is 0 Å². The van der Waals surface area contributed by atoms with Gasteiger partial charge in [0.15, 0.2) is 0 Å². The van der Waals surface area contributed by atoms with Crippen molar-refractivity contribution < 1.29 is 0 Å². The third-order valence-corrected chi connectivity index (χ3v) is 4.74. The molecule has 0 aromatic heterocycles. The van der Waals surface area contributed by atoms with E-state index < -0.39 is 19.8 Å². The molecule has 0 amide bonds. The van der Waals surface area contributed by atoms with E-state index in [4.69, 9.17) is 0 Å². The number of hydrogen-bond acceptors (Lipinski definition) is 0. The molecule has 0 aliphatic heterocycles. The van der Waals surface area contributed by atoms with Crippen LogP contribution < -0.4 is 0 Å². The fourth-order valence-electron chi connectivity index (χ4n) is 1.14. The van der Waals surface area contributed by atoms with Gasteiger partial charge in [0.2, 0.25) is 0 Å². The fraction of sp³-hybridized carbons (Fsp3) is 0.400. The number of aryl methyl sites for hydroxylation is 2. The quantitative estimate of drug-likeness (QED) is 0.538. The topological polar surface area (TPSA) is 0 Å². The third kappa shape index (κ3) is 2.47. The average molecular weight is 262 g/mol. The molecule has 0 saturated carbocycles. The van der Waals surface area contributed by atoms with Crippen molar-refractivity contribution in [2.24, 2.45) is 0 Å². The summed E-state index contributed by atoms with van der Waals surface area (Å²) < 4.78 is 1.60. The molecule has 1 aromatic carbocycles. The van der Waals surface area contributed by atoms with Crippen LogP contribution in [0, 0.1) is 17.4 Å². The molecule has 0 aliphatic rings. The van der Waals surface area contributed by atoms with Gasteiger partial charge in [-0.3, -0.25) is 0 Å². The van der Waals surface area contributed by atoms with Gasteiger partial charge < -0.3 is 0 Å². The van der Waals surface area contributed by atoms with Gasteiger partial charge in [0, 0.05) is 0 Å². The zero-order valence-corrected chi connectivity index (χ0v) is 9.77. The Kier molecular flexibility index (Phi) is 2.93. The zero-order valence-electron chi connectivity index (χ0n) is 7.61. The van der Waals surface area contributed by atoms with Crippen LogP contribution in [0.1, 0.15) is 11.1 Å². The van der Waals surface area contributed by atoms with Crippen LogP contribution >= 0.6 is 19.8 Å². The monoisotopic (exact) mass is 262 g/mol. The van der Waals surface area contributed by atoms with Crippen molar-refractivity contribution in [2.75, 3.05) is 9.86 Å². The zero-order chi connectivity index (χ0) is 8.43. The van der Waals surface area contributed by atoms with Crippen LogP contribution in [0.5, 0.6) is 0 Å². The van der Waals surface area contributed by atoms with Crippen LogP contribution in [0.25, 0.3) is 0 Å². The number of rotatable bonds is 1. The molecule has 0 spiro atoms. The van der Waals surface area contributed by atoms with Gasteiger partial charge in [-0.25, -0.2) is 0 Å². The standard InChI is InChI=1S/C10H15I/c1-8-5-9(2)7-10(6-8)11(3)4/h5-7H,1-4H3. The Balaban J connectivity index is 3.08. The minimum absolute atomic E-state index is 0.743. The van der Waals surface area contributed by atoms with Crippen LogP contribution in [0.3, 0.4) is 0 Å². The van der Waals surface area contributed by atoms with E-state index in [1.54, 1.807) is 3.57 Å². The minimum atomic E-state index is -0.743. The van der Waals surface area contributed by atoms with Crippen molar-refractivity contribution in [2.45, 2.75) is 13.8 Å². The summed E-state index contributed by atoms with van der Waals surface area (Å²) in [6.07, 6.45) is 0. The Labute approximate surface area is 76.4 Å². The summed E-state index contributed by atoms with van der Waals surface area (Å²) in [5.74, 6) is 0. The Morgan fingerprint density at radius 3 is 1.73 bits per heavy atom. The number of alkyl halides is 2. The molecule has 1 heteroatoms. The summed E-state index contributed by atoms with van der Waals surface area (Å²) in [6.45, 7) is 4.35. The molecule has 0 radical (unpaired) electrons. The van der Waals surface area contributed by atoms with Gasteiger partial charge in [0.25, 0.3) is 0 Å². The van der Waals surface area contributed by atoms with Crippen molar-refractivity contribution in [3.8, 4) is 0 Å². The predicted octanol–water partition coefficient (Wildman–Crippen LogP) is 3.24. The molecule has 0 atom stereocenters. The summed E-state index contributed by atoms with van der Waals surface area (Å²) in [5.41, 5.74) is 2.82. The van der Waals surface area contributed by atoms with Crippen LogP contribution in [0.4, 0.5) is 0 Å². The average Bonchev–Trinajstić information content (AvgIpc) is 1.85. The second-order valence-corrected chi connectivity index (χ2v) is 8.62. The van der Waals surface area contributed by atoms with Crippen molar-refractivity contribution >= 4 is 19.8 Å².